The first-order chi connectivity index (χ1) is 15.8. The molecule has 2 N–H and O–H groups in total. The molecule has 2 aromatic heterocycles. The number of rotatable bonds is 7. The van der Waals surface area contributed by atoms with Crippen molar-refractivity contribution in [1.29, 1.82) is 0 Å². The van der Waals surface area contributed by atoms with Gasteiger partial charge in [-0.05, 0) is 48.9 Å². The SMILES string of the molecule is CCCS(=O)(=O)Nc1ccc(F)c(-c2cc3cnc4n[nH]c(C5CC5)c4c3cc2OC)c1Cl. The first-order valence-electron chi connectivity index (χ1n) is 10.7. The lowest BCUT2D eigenvalue weighted by Gasteiger charge is -2.16. The van der Waals surface area contributed by atoms with Crippen LogP contribution in [0.25, 0.3) is 32.9 Å². The van der Waals surface area contributed by atoms with Gasteiger partial charge in [-0.25, -0.2) is 17.8 Å². The molecule has 5 rings (SSSR count). The van der Waals surface area contributed by atoms with Crippen LogP contribution in [0.15, 0.2) is 30.5 Å². The number of halogens is 2. The monoisotopic (exact) mass is 488 g/mol. The maximum atomic E-state index is 15.0. The van der Waals surface area contributed by atoms with Gasteiger partial charge < -0.3 is 4.74 Å². The molecule has 0 bridgehead atoms. The molecule has 33 heavy (non-hydrogen) atoms. The van der Waals surface area contributed by atoms with Crippen LogP contribution in [0, 0.1) is 5.82 Å². The highest BCUT2D eigenvalue weighted by atomic mass is 35.5. The van der Waals surface area contributed by atoms with Crippen LogP contribution in [0.3, 0.4) is 0 Å². The van der Waals surface area contributed by atoms with Crippen molar-refractivity contribution < 1.29 is 17.5 Å². The summed E-state index contributed by atoms with van der Waals surface area (Å²) in [5.74, 6) is 0.192. The molecule has 4 aromatic rings. The van der Waals surface area contributed by atoms with Gasteiger partial charge in [0.25, 0.3) is 0 Å². The molecule has 172 valence electrons. The van der Waals surface area contributed by atoms with Crippen LogP contribution in [0.2, 0.25) is 5.02 Å². The number of pyridine rings is 1. The molecule has 0 amide bonds. The highest BCUT2D eigenvalue weighted by Gasteiger charge is 2.29. The van der Waals surface area contributed by atoms with Gasteiger partial charge in [-0.1, -0.05) is 18.5 Å². The van der Waals surface area contributed by atoms with Crippen molar-refractivity contribution in [3.63, 3.8) is 0 Å². The number of methoxy groups -OCH3 is 1. The lowest BCUT2D eigenvalue weighted by molar-refractivity contribution is 0.417. The van der Waals surface area contributed by atoms with Crippen molar-refractivity contribution in [2.75, 3.05) is 17.6 Å². The van der Waals surface area contributed by atoms with Gasteiger partial charge >= 0.3 is 0 Å². The molecular weight excluding hydrogens is 467 g/mol. The number of nitrogens with zero attached hydrogens (tertiary/aromatic N) is 2. The third kappa shape index (κ3) is 3.89. The summed E-state index contributed by atoms with van der Waals surface area (Å²) in [6.07, 6.45) is 4.32. The molecular formula is C23H22ClFN4O3S. The number of ether oxygens (including phenoxy) is 1. The molecule has 2 aromatic carbocycles. The van der Waals surface area contributed by atoms with Crippen LogP contribution in [0.5, 0.6) is 5.75 Å². The molecule has 0 aliphatic heterocycles. The van der Waals surface area contributed by atoms with E-state index in [0.717, 1.165) is 34.7 Å². The van der Waals surface area contributed by atoms with Crippen molar-refractivity contribution in [2.24, 2.45) is 0 Å². The van der Waals surface area contributed by atoms with Crippen LogP contribution in [-0.4, -0.2) is 36.5 Å². The fourth-order valence-corrected chi connectivity index (χ4v) is 5.66. The standard InChI is InChI=1S/C23H22ClFN4O3S/c1-3-8-33(30,31)29-17-7-6-16(25)19(21(17)24)15-9-13-11-26-23-20(14(13)10-18(15)32-2)22(27-28-23)12-4-5-12/h6-7,9-12,29H,3-5,8H2,1-2H3,(H,26,27,28). The molecule has 1 aliphatic carbocycles. The molecule has 0 saturated heterocycles. The number of benzene rings is 2. The normalized spacial score (nSPS) is 14.2. The Hall–Kier alpha value is -2.91. The Kier molecular flexibility index (Phi) is 5.41. The second-order valence-corrected chi connectivity index (χ2v) is 10.4. The summed E-state index contributed by atoms with van der Waals surface area (Å²) in [7, 11) is -2.10. The van der Waals surface area contributed by atoms with Gasteiger partial charge in [0.1, 0.15) is 11.6 Å². The molecule has 1 fully saturated rings. The van der Waals surface area contributed by atoms with E-state index in [0.29, 0.717) is 29.3 Å². The van der Waals surface area contributed by atoms with E-state index in [2.05, 4.69) is 19.9 Å². The number of anilines is 1. The molecule has 0 unspecified atom stereocenters. The van der Waals surface area contributed by atoms with Gasteiger partial charge in [0, 0.05) is 34.3 Å². The van der Waals surface area contributed by atoms with Crippen LogP contribution < -0.4 is 9.46 Å². The maximum Gasteiger partial charge on any atom is 0.232 e. The Labute approximate surface area is 195 Å². The Morgan fingerprint density at radius 3 is 2.79 bits per heavy atom. The smallest absolute Gasteiger partial charge is 0.232 e. The Morgan fingerprint density at radius 2 is 2.09 bits per heavy atom. The summed E-state index contributed by atoms with van der Waals surface area (Å²) < 4.78 is 47.7. The van der Waals surface area contributed by atoms with E-state index in [1.165, 1.54) is 19.2 Å². The Bertz CT molecular complexity index is 1500. The number of nitrogens with one attached hydrogen (secondary N) is 2. The zero-order valence-corrected chi connectivity index (χ0v) is 19.6. The van der Waals surface area contributed by atoms with Crippen molar-refractivity contribution in [1.82, 2.24) is 15.2 Å². The predicted molar refractivity (Wildman–Crippen MR) is 128 cm³/mol. The minimum absolute atomic E-state index is 0.0386. The second kappa shape index (κ2) is 8.14. The fraction of sp³-hybridized carbons (Fsp3) is 0.304. The van der Waals surface area contributed by atoms with Crippen LogP contribution in [-0.2, 0) is 10.0 Å². The number of hydrogen-bond donors (Lipinski definition) is 2. The summed E-state index contributed by atoms with van der Waals surface area (Å²) in [5.41, 5.74) is 2.25. The van der Waals surface area contributed by atoms with E-state index in [4.69, 9.17) is 16.3 Å². The topological polar surface area (TPSA) is 97.0 Å². The Balaban J connectivity index is 1.71. The summed E-state index contributed by atoms with van der Waals surface area (Å²) in [5, 5.41) is 10.0. The summed E-state index contributed by atoms with van der Waals surface area (Å²) in [6, 6.07) is 6.11. The third-order valence-corrected chi connectivity index (χ3v) is 7.70. The maximum absolute atomic E-state index is 15.0. The quantitative estimate of drug-likeness (QED) is 0.352. The molecule has 0 radical (unpaired) electrons. The second-order valence-electron chi connectivity index (χ2n) is 8.21. The number of hydrogen-bond acceptors (Lipinski definition) is 5. The number of sulfonamides is 1. The van der Waals surface area contributed by atoms with E-state index < -0.39 is 15.8 Å². The zero-order chi connectivity index (χ0) is 23.3. The summed E-state index contributed by atoms with van der Waals surface area (Å²) >= 11 is 6.53. The third-order valence-electron chi connectivity index (χ3n) is 5.83. The van der Waals surface area contributed by atoms with Crippen molar-refractivity contribution >= 4 is 49.1 Å². The number of H-pyrrole nitrogens is 1. The molecule has 10 heteroatoms. The highest BCUT2D eigenvalue weighted by Crippen LogP contribution is 2.46. The summed E-state index contributed by atoms with van der Waals surface area (Å²) in [4.78, 5) is 4.46. The van der Waals surface area contributed by atoms with Crippen LogP contribution in [0.4, 0.5) is 10.1 Å². The van der Waals surface area contributed by atoms with E-state index in [9.17, 15) is 8.42 Å². The predicted octanol–water partition coefficient (Wildman–Crippen LogP) is 5.61. The van der Waals surface area contributed by atoms with Gasteiger partial charge in [-0.3, -0.25) is 9.82 Å². The number of aromatic amines is 1. The minimum Gasteiger partial charge on any atom is -0.496 e. The Morgan fingerprint density at radius 1 is 1.30 bits per heavy atom. The van der Waals surface area contributed by atoms with Gasteiger partial charge in [0.05, 0.1) is 29.0 Å². The van der Waals surface area contributed by atoms with Crippen molar-refractivity contribution in [2.45, 2.75) is 32.1 Å². The van der Waals surface area contributed by atoms with Gasteiger partial charge in [-0.2, -0.15) is 5.10 Å². The van der Waals surface area contributed by atoms with Gasteiger partial charge in [0.15, 0.2) is 5.65 Å². The largest absolute Gasteiger partial charge is 0.496 e. The first-order valence-corrected chi connectivity index (χ1v) is 12.7. The van der Waals surface area contributed by atoms with Gasteiger partial charge in [0.2, 0.25) is 10.0 Å². The fourth-order valence-electron chi connectivity index (χ4n) is 4.15. The number of fused-ring (bicyclic) bond motifs is 3. The minimum atomic E-state index is -3.60. The van der Waals surface area contributed by atoms with E-state index in [1.807, 2.05) is 6.07 Å². The van der Waals surface area contributed by atoms with Crippen LogP contribution in [0.1, 0.15) is 37.8 Å². The molecule has 1 saturated carbocycles. The lowest BCUT2D eigenvalue weighted by Crippen LogP contribution is -2.16. The van der Waals surface area contributed by atoms with Crippen molar-refractivity contribution in [3.8, 4) is 16.9 Å². The number of aromatic nitrogens is 3. The molecule has 0 spiro atoms. The van der Waals surface area contributed by atoms with Gasteiger partial charge in [-0.15, -0.1) is 0 Å². The van der Waals surface area contributed by atoms with E-state index in [-0.39, 0.29) is 22.0 Å². The first kappa shape index (κ1) is 21.9. The van der Waals surface area contributed by atoms with E-state index in [1.54, 1.807) is 19.2 Å². The summed E-state index contributed by atoms with van der Waals surface area (Å²) in [6.45, 7) is 1.76. The van der Waals surface area contributed by atoms with E-state index >= 15 is 4.39 Å². The average Bonchev–Trinajstić information content (AvgIpc) is 3.53. The molecule has 1 aliphatic rings. The highest BCUT2D eigenvalue weighted by molar-refractivity contribution is 7.92. The van der Waals surface area contributed by atoms with Crippen LogP contribution >= 0.6 is 11.6 Å². The zero-order valence-electron chi connectivity index (χ0n) is 18.1. The average molecular weight is 489 g/mol. The lowest BCUT2D eigenvalue weighted by atomic mass is 9.98. The molecule has 0 atom stereocenters. The molecule has 7 nitrogen and oxygen atoms in total. The van der Waals surface area contributed by atoms with Crippen molar-refractivity contribution in [3.05, 3.63) is 47.0 Å². The molecule has 2 heterocycles.